The SMILES string of the molecule is CCOP(=O)(Cc1ccc(C(=O)O)c(C)c1)OCC. The van der Waals surface area contributed by atoms with Crippen molar-refractivity contribution in [1.29, 1.82) is 0 Å². The molecular weight excluding hydrogens is 267 g/mol. The number of carboxylic acids is 1. The van der Waals surface area contributed by atoms with Crippen molar-refractivity contribution in [2.24, 2.45) is 0 Å². The predicted octanol–water partition coefficient (Wildman–Crippen LogP) is 3.46. The second kappa shape index (κ2) is 6.85. The van der Waals surface area contributed by atoms with E-state index in [1.165, 1.54) is 6.07 Å². The average molecular weight is 286 g/mol. The van der Waals surface area contributed by atoms with Crippen molar-refractivity contribution in [2.75, 3.05) is 13.2 Å². The van der Waals surface area contributed by atoms with Gasteiger partial charge in [0.25, 0.3) is 0 Å². The summed E-state index contributed by atoms with van der Waals surface area (Å²) in [6, 6.07) is 4.85. The van der Waals surface area contributed by atoms with Crippen LogP contribution in [-0.4, -0.2) is 24.3 Å². The summed E-state index contributed by atoms with van der Waals surface area (Å²) in [4.78, 5) is 10.9. The lowest BCUT2D eigenvalue weighted by molar-refractivity contribution is 0.0696. The standard InChI is InChI=1S/C13H19O5P/c1-4-17-19(16,18-5-2)9-11-6-7-12(13(14)15)10(3)8-11/h6-8H,4-5,9H2,1-3H3,(H,14,15). The Hall–Kier alpha value is -1.16. The second-order valence-corrected chi connectivity index (χ2v) is 6.11. The zero-order chi connectivity index (χ0) is 14.5. The van der Waals surface area contributed by atoms with E-state index in [0.717, 1.165) is 5.56 Å². The number of hydrogen-bond donors (Lipinski definition) is 1. The van der Waals surface area contributed by atoms with Crippen LogP contribution in [-0.2, 0) is 19.8 Å². The van der Waals surface area contributed by atoms with E-state index >= 15 is 0 Å². The molecule has 0 aliphatic rings. The first-order valence-corrected chi connectivity index (χ1v) is 7.85. The highest BCUT2D eigenvalue weighted by molar-refractivity contribution is 7.53. The van der Waals surface area contributed by atoms with Crippen molar-refractivity contribution < 1.29 is 23.5 Å². The molecule has 0 bridgehead atoms. The molecule has 0 heterocycles. The molecule has 0 aliphatic heterocycles. The minimum Gasteiger partial charge on any atom is -0.478 e. The number of aryl methyl sites for hydroxylation is 1. The number of rotatable bonds is 7. The van der Waals surface area contributed by atoms with Gasteiger partial charge >= 0.3 is 13.6 Å². The summed E-state index contributed by atoms with van der Waals surface area (Å²) in [6.07, 6.45) is 0.148. The lowest BCUT2D eigenvalue weighted by Crippen LogP contribution is -2.02. The molecular formula is C13H19O5P. The average Bonchev–Trinajstić information content (AvgIpc) is 2.28. The largest absolute Gasteiger partial charge is 0.478 e. The van der Waals surface area contributed by atoms with Crippen LogP contribution in [0.4, 0.5) is 0 Å². The number of hydrogen-bond acceptors (Lipinski definition) is 4. The second-order valence-electron chi connectivity index (χ2n) is 4.06. The lowest BCUT2D eigenvalue weighted by atomic mass is 10.1. The summed E-state index contributed by atoms with van der Waals surface area (Å²) in [5.41, 5.74) is 1.61. The van der Waals surface area contributed by atoms with Crippen molar-refractivity contribution in [1.82, 2.24) is 0 Å². The van der Waals surface area contributed by atoms with E-state index < -0.39 is 13.6 Å². The first kappa shape index (κ1) is 15.9. The molecule has 106 valence electrons. The maximum Gasteiger partial charge on any atom is 0.335 e. The molecule has 5 nitrogen and oxygen atoms in total. The molecule has 0 radical (unpaired) electrons. The molecule has 1 rings (SSSR count). The van der Waals surface area contributed by atoms with E-state index in [9.17, 15) is 9.36 Å². The molecule has 0 unspecified atom stereocenters. The first-order valence-electron chi connectivity index (χ1n) is 6.12. The van der Waals surface area contributed by atoms with Gasteiger partial charge in [0.1, 0.15) is 0 Å². The molecule has 19 heavy (non-hydrogen) atoms. The number of carboxylic acid groups (broad SMARTS) is 1. The lowest BCUT2D eigenvalue weighted by Gasteiger charge is -2.17. The Balaban J connectivity index is 2.95. The molecule has 0 saturated carbocycles. The maximum absolute atomic E-state index is 12.4. The Morgan fingerprint density at radius 2 is 1.84 bits per heavy atom. The van der Waals surface area contributed by atoms with Crippen LogP contribution in [0.15, 0.2) is 18.2 Å². The number of carbonyl (C=O) groups is 1. The van der Waals surface area contributed by atoms with Crippen LogP contribution in [0, 0.1) is 6.92 Å². The molecule has 0 aromatic heterocycles. The highest BCUT2D eigenvalue weighted by atomic mass is 31.2. The monoisotopic (exact) mass is 286 g/mol. The van der Waals surface area contributed by atoms with Crippen molar-refractivity contribution in [3.8, 4) is 0 Å². The third kappa shape index (κ3) is 4.46. The van der Waals surface area contributed by atoms with E-state index in [1.807, 2.05) is 0 Å². The Morgan fingerprint density at radius 1 is 1.26 bits per heavy atom. The minimum absolute atomic E-state index is 0.148. The summed E-state index contributed by atoms with van der Waals surface area (Å²) in [5.74, 6) is -0.971. The number of benzene rings is 1. The van der Waals surface area contributed by atoms with Crippen molar-refractivity contribution in [3.05, 3.63) is 34.9 Å². The summed E-state index contributed by atoms with van der Waals surface area (Å²) in [7, 11) is -3.15. The van der Waals surface area contributed by atoms with Gasteiger partial charge in [-0.05, 0) is 38.0 Å². The van der Waals surface area contributed by atoms with Gasteiger partial charge in [0, 0.05) is 0 Å². The van der Waals surface area contributed by atoms with Crippen LogP contribution in [0.5, 0.6) is 0 Å². The van der Waals surface area contributed by atoms with E-state index in [1.54, 1.807) is 32.9 Å². The zero-order valence-corrected chi connectivity index (χ0v) is 12.3. The fourth-order valence-electron chi connectivity index (χ4n) is 1.81. The van der Waals surface area contributed by atoms with Gasteiger partial charge in [0.2, 0.25) is 0 Å². The van der Waals surface area contributed by atoms with E-state index in [4.69, 9.17) is 14.2 Å². The highest BCUT2D eigenvalue weighted by Crippen LogP contribution is 2.51. The Labute approximate surface area is 113 Å². The van der Waals surface area contributed by atoms with Gasteiger partial charge < -0.3 is 14.2 Å². The predicted molar refractivity (Wildman–Crippen MR) is 72.7 cm³/mol. The first-order chi connectivity index (χ1) is 8.91. The van der Waals surface area contributed by atoms with E-state index in [-0.39, 0.29) is 11.7 Å². The molecule has 0 atom stereocenters. The van der Waals surface area contributed by atoms with E-state index in [2.05, 4.69) is 0 Å². The summed E-state index contributed by atoms with van der Waals surface area (Å²) in [5, 5.41) is 8.95. The molecule has 6 heteroatoms. The van der Waals surface area contributed by atoms with Gasteiger partial charge in [0.15, 0.2) is 0 Å². The van der Waals surface area contributed by atoms with Gasteiger partial charge in [-0.3, -0.25) is 4.57 Å². The highest BCUT2D eigenvalue weighted by Gasteiger charge is 2.24. The summed E-state index contributed by atoms with van der Waals surface area (Å²) >= 11 is 0. The van der Waals surface area contributed by atoms with Gasteiger partial charge in [0.05, 0.1) is 24.9 Å². The van der Waals surface area contributed by atoms with Crippen molar-refractivity contribution in [2.45, 2.75) is 26.9 Å². The van der Waals surface area contributed by atoms with Crippen LogP contribution in [0.1, 0.15) is 35.3 Å². The van der Waals surface area contributed by atoms with Crippen LogP contribution in [0.25, 0.3) is 0 Å². The normalized spacial score (nSPS) is 11.5. The number of aromatic carboxylic acids is 1. The molecule has 0 spiro atoms. The van der Waals surface area contributed by atoms with E-state index in [0.29, 0.717) is 18.8 Å². The topological polar surface area (TPSA) is 72.8 Å². The fourth-order valence-corrected chi connectivity index (χ4v) is 3.50. The van der Waals surface area contributed by atoms with Crippen molar-refractivity contribution >= 4 is 13.6 Å². The summed E-state index contributed by atoms with van der Waals surface area (Å²) in [6.45, 7) is 5.83. The van der Waals surface area contributed by atoms with Crippen molar-refractivity contribution in [3.63, 3.8) is 0 Å². The molecule has 1 aromatic carbocycles. The molecule has 0 amide bonds. The maximum atomic E-state index is 12.4. The summed E-state index contributed by atoms with van der Waals surface area (Å²) < 4.78 is 22.8. The quantitative estimate of drug-likeness (QED) is 0.777. The fraction of sp³-hybridized carbons (Fsp3) is 0.462. The van der Waals surface area contributed by atoms with Crippen LogP contribution >= 0.6 is 7.60 Å². The molecule has 0 aliphatic carbocycles. The minimum atomic E-state index is -3.15. The Bertz CT molecular complexity index is 488. The Kier molecular flexibility index (Phi) is 5.73. The van der Waals surface area contributed by atoms with Crippen LogP contribution in [0.2, 0.25) is 0 Å². The molecule has 1 aromatic rings. The van der Waals surface area contributed by atoms with Gasteiger partial charge in [-0.15, -0.1) is 0 Å². The molecule has 0 fully saturated rings. The van der Waals surface area contributed by atoms with Gasteiger partial charge in [-0.1, -0.05) is 12.1 Å². The third-order valence-corrected chi connectivity index (χ3v) is 4.60. The molecule has 0 saturated heterocycles. The van der Waals surface area contributed by atoms with Gasteiger partial charge in [-0.2, -0.15) is 0 Å². The Morgan fingerprint density at radius 3 is 2.26 bits per heavy atom. The van der Waals surface area contributed by atoms with Gasteiger partial charge in [-0.25, -0.2) is 4.79 Å². The van der Waals surface area contributed by atoms with Crippen LogP contribution in [0.3, 0.4) is 0 Å². The molecule has 1 N–H and O–H groups in total. The zero-order valence-electron chi connectivity index (χ0n) is 11.4. The van der Waals surface area contributed by atoms with Crippen LogP contribution < -0.4 is 0 Å². The smallest absolute Gasteiger partial charge is 0.335 e. The third-order valence-electron chi connectivity index (χ3n) is 2.55.